The Kier molecular flexibility index (Phi) is 3.81. The highest BCUT2D eigenvalue weighted by molar-refractivity contribution is 6.58. The second-order valence-corrected chi connectivity index (χ2v) is 4.60. The third-order valence-corrected chi connectivity index (χ3v) is 3.17. The van der Waals surface area contributed by atoms with Gasteiger partial charge in [-0.05, 0) is 18.2 Å². The fraction of sp³-hybridized carbons (Fsp3) is 0.0667. The minimum atomic E-state index is -1.55. The van der Waals surface area contributed by atoms with Crippen LogP contribution in [0, 0.1) is 0 Å². The highest BCUT2D eigenvalue weighted by Crippen LogP contribution is 2.18. The van der Waals surface area contributed by atoms with Gasteiger partial charge in [-0.15, -0.1) is 0 Å². The minimum absolute atomic E-state index is 0.298. The van der Waals surface area contributed by atoms with Crippen LogP contribution in [0.3, 0.4) is 0 Å². The van der Waals surface area contributed by atoms with Crippen molar-refractivity contribution in [3.63, 3.8) is 0 Å². The number of hydrogen-bond acceptors (Lipinski definition) is 5. The molecule has 2 heterocycles. The zero-order chi connectivity index (χ0) is 14.7. The van der Waals surface area contributed by atoms with Gasteiger partial charge in [0.2, 0.25) is 0 Å². The molecule has 0 atom stereocenters. The van der Waals surface area contributed by atoms with E-state index in [1.54, 1.807) is 12.3 Å². The first kappa shape index (κ1) is 13.5. The van der Waals surface area contributed by atoms with E-state index >= 15 is 0 Å². The molecule has 0 spiro atoms. The summed E-state index contributed by atoms with van der Waals surface area (Å²) in [5, 5.41) is 19.3. The summed E-state index contributed by atoms with van der Waals surface area (Å²) in [4.78, 5) is 8.22. The average molecular weight is 280 g/mol. The molecule has 104 valence electrons. The predicted molar refractivity (Wildman–Crippen MR) is 80.1 cm³/mol. The molecular formula is C15H13BN2O3. The number of ether oxygens (including phenoxy) is 1. The van der Waals surface area contributed by atoms with Crippen LogP contribution in [0.15, 0.2) is 55.0 Å². The van der Waals surface area contributed by atoms with E-state index in [1.165, 1.54) is 12.4 Å². The fourth-order valence-electron chi connectivity index (χ4n) is 2.10. The molecule has 0 amide bonds. The summed E-state index contributed by atoms with van der Waals surface area (Å²) < 4.78 is 5.68. The monoisotopic (exact) mass is 280 g/mol. The van der Waals surface area contributed by atoms with Crippen molar-refractivity contribution in [3.05, 3.63) is 60.6 Å². The Labute approximate surface area is 122 Å². The van der Waals surface area contributed by atoms with E-state index in [0.29, 0.717) is 17.8 Å². The number of pyridine rings is 2. The number of fused-ring (bicyclic) bond motifs is 1. The molecule has 0 aliphatic carbocycles. The molecule has 21 heavy (non-hydrogen) atoms. The first-order chi connectivity index (χ1) is 10.2. The SMILES string of the molecule is OB(O)c1cncc(OCc2ccnc3ccccc23)c1. The lowest BCUT2D eigenvalue weighted by atomic mass is 9.82. The van der Waals surface area contributed by atoms with E-state index in [1.807, 2.05) is 30.3 Å². The number of hydrogen-bond donors (Lipinski definition) is 2. The van der Waals surface area contributed by atoms with Crippen LogP contribution in [0.4, 0.5) is 0 Å². The summed E-state index contributed by atoms with van der Waals surface area (Å²) in [6.45, 7) is 0.357. The van der Waals surface area contributed by atoms with Gasteiger partial charge in [-0.25, -0.2) is 0 Å². The summed E-state index contributed by atoms with van der Waals surface area (Å²) >= 11 is 0. The zero-order valence-corrected chi connectivity index (χ0v) is 11.2. The van der Waals surface area contributed by atoms with Gasteiger partial charge in [0.25, 0.3) is 0 Å². The van der Waals surface area contributed by atoms with E-state index in [9.17, 15) is 0 Å². The molecule has 0 aliphatic rings. The van der Waals surface area contributed by atoms with Crippen molar-refractivity contribution in [2.24, 2.45) is 0 Å². The molecule has 2 N–H and O–H groups in total. The summed E-state index contributed by atoms with van der Waals surface area (Å²) in [6.07, 6.45) is 4.67. The Morgan fingerprint density at radius 2 is 1.95 bits per heavy atom. The van der Waals surface area contributed by atoms with Gasteiger partial charge in [-0.2, -0.15) is 0 Å². The number of nitrogens with zero attached hydrogens (tertiary/aromatic N) is 2. The quantitative estimate of drug-likeness (QED) is 0.694. The van der Waals surface area contributed by atoms with Crippen LogP contribution in [0.1, 0.15) is 5.56 Å². The van der Waals surface area contributed by atoms with Gasteiger partial charge in [-0.3, -0.25) is 9.97 Å². The van der Waals surface area contributed by atoms with E-state index in [0.717, 1.165) is 16.5 Å². The maximum absolute atomic E-state index is 9.13. The fourth-order valence-corrected chi connectivity index (χ4v) is 2.10. The van der Waals surface area contributed by atoms with Gasteiger partial charge < -0.3 is 14.8 Å². The molecule has 3 rings (SSSR count). The van der Waals surface area contributed by atoms with Gasteiger partial charge in [0, 0.05) is 28.8 Å². The third kappa shape index (κ3) is 3.02. The molecule has 0 fully saturated rings. The zero-order valence-electron chi connectivity index (χ0n) is 11.2. The van der Waals surface area contributed by atoms with Crippen LogP contribution < -0.4 is 10.2 Å². The van der Waals surface area contributed by atoms with Crippen molar-refractivity contribution in [2.45, 2.75) is 6.61 Å². The Balaban J connectivity index is 1.82. The van der Waals surface area contributed by atoms with Gasteiger partial charge >= 0.3 is 7.12 Å². The molecule has 2 aromatic heterocycles. The van der Waals surface area contributed by atoms with Crippen LogP contribution in [-0.4, -0.2) is 27.1 Å². The first-order valence-electron chi connectivity index (χ1n) is 6.50. The number of para-hydroxylation sites is 1. The highest BCUT2D eigenvalue weighted by Gasteiger charge is 2.12. The predicted octanol–water partition coefficient (Wildman–Crippen LogP) is 0.889. The van der Waals surface area contributed by atoms with Crippen LogP contribution in [0.2, 0.25) is 0 Å². The van der Waals surface area contributed by atoms with Crippen LogP contribution >= 0.6 is 0 Å². The van der Waals surface area contributed by atoms with Gasteiger partial charge in [0.1, 0.15) is 12.4 Å². The maximum Gasteiger partial charge on any atom is 0.490 e. The molecule has 0 radical (unpaired) electrons. The second-order valence-electron chi connectivity index (χ2n) is 4.60. The Bertz CT molecular complexity index is 759. The molecule has 5 nitrogen and oxygen atoms in total. The topological polar surface area (TPSA) is 75.5 Å². The van der Waals surface area contributed by atoms with Gasteiger partial charge in [0.15, 0.2) is 0 Å². The smallest absolute Gasteiger partial charge is 0.487 e. The van der Waals surface area contributed by atoms with Gasteiger partial charge in [0.05, 0.1) is 11.7 Å². The molecular weight excluding hydrogens is 267 g/mol. The molecule has 3 aromatic rings. The summed E-state index contributed by atoms with van der Waals surface area (Å²) in [5.41, 5.74) is 2.22. The van der Waals surface area contributed by atoms with Gasteiger partial charge in [-0.1, -0.05) is 18.2 Å². The molecule has 1 aromatic carbocycles. The Morgan fingerprint density at radius 3 is 2.81 bits per heavy atom. The maximum atomic E-state index is 9.13. The van der Waals surface area contributed by atoms with E-state index in [2.05, 4.69) is 9.97 Å². The van der Waals surface area contributed by atoms with E-state index in [-0.39, 0.29) is 0 Å². The van der Waals surface area contributed by atoms with E-state index in [4.69, 9.17) is 14.8 Å². The highest BCUT2D eigenvalue weighted by atomic mass is 16.5. The normalized spacial score (nSPS) is 10.6. The van der Waals surface area contributed by atoms with Crippen molar-refractivity contribution >= 4 is 23.5 Å². The van der Waals surface area contributed by atoms with Crippen LogP contribution in [0.5, 0.6) is 5.75 Å². The Hall–Kier alpha value is -2.44. The van der Waals surface area contributed by atoms with Crippen molar-refractivity contribution < 1.29 is 14.8 Å². The first-order valence-corrected chi connectivity index (χ1v) is 6.50. The van der Waals surface area contributed by atoms with Crippen molar-refractivity contribution in [2.75, 3.05) is 0 Å². The number of benzene rings is 1. The lowest BCUT2D eigenvalue weighted by Gasteiger charge is -2.09. The van der Waals surface area contributed by atoms with Crippen molar-refractivity contribution in [1.82, 2.24) is 9.97 Å². The molecule has 0 unspecified atom stereocenters. The van der Waals surface area contributed by atoms with Crippen LogP contribution in [-0.2, 0) is 6.61 Å². The second kappa shape index (κ2) is 5.91. The largest absolute Gasteiger partial charge is 0.490 e. The standard InChI is InChI=1S/C15H13BN2O3/c19-16(20)12-7-13(9-17-8-12)21-10-11-5-6-18-15-4-2-1-3-14(11)15/h1-9,19-20H,10H2. The van der Waals surface area contributed by atoms with Crippen molar-refractivity contribution in [1.29, 1.82) is 0 Å². The average Bonchev–Trinajstić information content (AvgIpc) is 2.53. The summed E-state index contributed by atoms with van der Waals surface area (Å²) in [7, 11) is -1.55. The molecule has 0 saturated heterocycles. The summed E-state index contributed by atoms with van der Waals surface area (Å²) in [5.74, 6) is 0.487. The van der Waals surface area contributed by atoms with Crippen LogP contribution in [0.25, 0.3) is 10.9 Å². The van der Waals surface area contributed by atoms with E-state index < -0.39 is 7.12 Å². The molecule has 0 saturated carbocycles. The number of rotatable bonds is 4. The number of aromatic nitrogens is 2. The minimum Gasteiger partial charge on any atom is -0.487 e. The molecule has 0 bridgehead atoms. The Morgan fingerprint density at radius 1 is 1.10 bits per heavy atom. The molecule has 0 aliphatic heterocycles. The molecule has 6 heteroatoms. The third-order valence-electron chi connectivity index (χ3n) is 3.17. The van der Waals surface area contributed by atoms with Crippen molar-refractivity contribution in [3.8, 4) is 5.75 Å². The summed E-state index contributed by atoms with van der Waals surface area (Å²) in [6, 6.07) is 11.3. The lowest BCUT2D eigenvalue weighted by Crippen LogP contribution is -2.30. The lowest BCUT2D eigenvalue weighted by molar-refractivity contribution is 0.306.